The molecule has 1 aromatic carbocycles. The summed E-state index contributed by atoms with van der Waals surface area (Å²) < 4.78 is 10.2. The highest BCUT2D eigenvalue weighted by molar-refractivity contribution is 5.94. The largest absolute Gasteiger partial charge is 0.491 e. The molecule has 0 unspecified atom stereocenters. The number of carbonyl (C=O) groups is 3. The van der Waals surface area contributed by atoms with Crippen molar-refractivity contribution in [2.24, 2.45) is 0 Å². The third kappa shape index (κ3) is 7.69. The Morgan fingerprint density at radius 3 is 2.28 bits per heavy atom. The van der Waals surface area contributed by atoms with E-state index < -0.39 is 5.97 Å². The number of nitrogens with one attached hydrogen (secondary N) is 1. The Hall–Kier alpha value is -2.57. The van der Waals surface area contributed by atoms with Crippen molar-refractivity contribution in [1.82, 2.24) is 10.2 Å². The van der Waals surface area contributed by atoms with Gasteiger partial charge in [0.2, 0.25) is 5.91 Å². The van der Waals surface area contributed by atoms with E-state index in [4.69, 9.17) is 4.74 Å². The first kappa shape index (κ1) is 20.5. The first-order chi connectivity index (χ1) is 11.8. The van der Waals surface area contributed by atoms with Gasteiger partial charge in [-0.05, 0) is 38.1 Å². The SMILES string of the molecule is COC(=O)CCN(CCNC(C)=O)C(=O)c1ccc(OC(C)C)cc1. The molecular formula is C18H26N2O5. The van der Waals surface area contributed by atoms with E-state index in [9.17, 15) is 14.4 Å². The van der Waals surface area contributed by atoms with Crippen molar-refractivity contribution in [2.75, 3.05) is 26.7 Å². The molecule has 1 rings (SSSR count). The van der Waals surface area contributed by atoms with Gasteiger partial charge < -0.3 is 19.7 Å². The molecule has 1 N–H and O–H groups in total. The fourth-order valence-corrected chi connectivity index (χ4v) is 2.14. The van der Waals surface area contributed by atoms with E-state index in [0.29, 0.717) is 24.4 Å². The second-order valence-electron chi connectivity index (χ2n) is 5.79. The van der Waals surface area contributed by atoms with Gasteiger partial charge in [-0.1, -0.05) is 0 Å². The highest BCUT2D eigenvalue weighted by atomic mass is 16.5. The molecule has 138 valence electrons. The van der Waals surface area contributed by atoms with Crippen LogP contribution in [0, 0.1) is 0 Å². The van der Waals surface area contributed by atoms with Crippen LogP contribution in [0.25, 0.3) is 0 Å². The molecule has 0 aliphatic rings. The van der Waals surface area contributed by atoms with Crippen LogP contribution in [0.1, 0.15) is 37.6 Å². The molecule has 0 aliphatic heterocycles. The zero-order valence-electron chi connectivity index (χ0n) is 15.2. The minimum absolute atomic E-state index is 0.0516. The van der Waals surface area contributed by atoms with Gasteiger partial charge in [0, 0.05) is 32.1 Å². The molecule has 0 saturated carbocycles. The highest BCUT2D eigenvalue weighted by Crippen LogP contribution is 2.15. The second-order valence-corrected chi connectivity index (χ2v) is 5.79. The number of carbonyl (C=O) groups excluding carboxylic acids is 3. The van der Waals surface area contributed by atoms with Gasteiger partial charge in [-0.15, -0.1) is 0 Å². The maximum atomic E-state index is 12.7. The molecule has 0 fully saturated rings. The summed E-state index contributed by atoms with van der Waals surface area (Å²) in [4.78, 5) is 36.6. The lowest BCUT2D eigenvalue weighted by Gasteiger charge is -2.22. The number of hydrogen-bond acceptors (Lipinski definition) is 5. The van der Waals surface area contributed by atoms with E-state index in [0.717, 1.165) is 0 Å². The predicted molar refractivity (Wildman–Crippen MR) is 93.4 cm³/mol. The Kier molecular flexibility index (Phi) is 8.46. The highest BCUT2D eigenvalue weighted by Gasteiger charge is 2.17. The standard InChI is InChI=1S/C18H26N2O5/c1-13(2)25-16-7-5-15(6-8-16)18(23)20(11-9-17(22)24-4)12-10-19-14(3)21/h5-8,13H,9-12H2,1-4H3,(H,19,21). The summed E-state index contributed by atoms with van der Waals surface area (Å²) in [5.41, 5.74) is 0.490. The minimum Gasteiger partial charge on any atom is -0.491 e. The summed E-state index contributed by atoms with van der Waals surface area (Å²) in [5, 5.41) is 2.65. The number of hydrogen-bond donors (Lipinski definition) is 1. The monoisotopic (exact) mass is 350 g/mol. The third-order valence-corrected chi connectivity index (χ3v) is 3.33. The molecule has 0 aromatic heterocycles. The number of ether oxygens (including phenoxy) is 2. The number of esters is 1. The lowest BCUT2D eigenvalue weighted by Crippen LogP contribution is -2.39. The lowest BCUT2D eigenvalue weighted by molar-refractivity contribution is -0.140. The third-order valence-electron chi connectivity index (χ3n) is 3.33. The summed E-state index contributed by atoms with van der Waals surface area (Å²) in [5.74, 6) is -0.0928. The van der Waals surface area contributed by atoms with E-state index in [1.54, 1.807) is 24.3 Å². The van der Waals surface area contributed by atoms with Gasteiger partial charge in [0.25, 0.3) is 5.91 Å². The number of amides is 2. The fourth-order valence-electron chi connectivity index (χ4n) is 2.14. The van der Waals surface area contributed by atoms with Crippen molar-refractivity contribution in [2.45, 2.75) is 33.3 Å². The summed E-state index contributed by atoms with van der Waals surface area (Å²) in [6, 6.07) is 6.84. The van der Waals surface area contributed by atoms with Gasteiger partial charge in [-0.2, -0.15) is 0 Å². The molecule has 0 saturated heterocycles. The van der Waals surface area contributed by atoms with Gasteiger partial charge in [-0.3, -0.25) is 14.4 Å². The average molecular weight is 350 g/mol. The van der Waals surface area contributed by atoms with E-state index in [2.05, 4.69) is 10.1 Å². The van der Waals surface area contributed by atoms with Crippen LogP contribution in [0.3, 0.4) is 0 Å². The van der Waals surface area contributed by atoms with Gasteiger partial charge in [0.05, 0.1) is 19.6 Å². The average Bonchev–Trinajstić information content (AvgIpc) is 2.56. The Morgan fingerprint density at radius 2 is 1.76 bits per heavy atom. The van der Waals surface area contributed by atoms with Gasteiger partial charge in [0.15, 0.2) is 0 Å². The Bertz CT molecular complexity index is 584. The van der Waals surface area contributed by atoms with Gasteiger partial charge in [-0.25, -0.2) is 0 Å². The van der Waals surface area contributed by atoms with Crippen molar-refractivity contribution in [3.63, 3.8) is 0 Å². The second kappa shape index (κ2) is 10.3. The van der Waals surface area contributed by atoms with Gasteiger partial charge >= 0.3 is 5.97 Å². The Morgan fingerprint density at radius 1 is 1.12 bits per heavy atom. The van der Waals surface area contributed by atoms with Crippen LogP contribution in [0.4, 0.5) is 0 Å². The van der Waals surface area contributed by atoms with Crippen LogP contribution in [-0.4, -0.2) is 55.5 Å². The van der Waals surface area contributed by atoms with Crippen molar-refractivity contribution >= 4 is 17.8 Å². The predicted octanol–water partition coefficient (Wildman–Crippen LogP) is 1.62. The quantitative estimate of drug-likeness (QED) is 0.684. The summed E-state index contributed by atoms with van der Waals surface area (Å²) in [7, 11) is 1.30. The smallest absolute Gasteiger partial charge is 0.307 e. The summed E-state index contributed by atoms with van der Waals surface area (Å²) >= 11 is 0. The molecule has 25 heavy (non-hydrogen) atoms. The molecule has 0 bridgehead atoms. The van der Waals surface area contributed by atoms with Crippen LogP contribution in [-0.2, 0) is 14.3 Å². The zero-order valence-corrected chi connectivity index (χ0v) is 15.2. The Labute approximate surface area is 148 Å². The first-order valence-electron chi connectivity index (χ1n) is 8.20. The van der Waals surface area contributed by atoms with Crippen molar-refractivity contribution in [3.05, 3.63) is 29.8 Å². The first-order valence-corrected chi connectivity index (χ1v) is 8.20. The van der Waals surface area contributed by atoms with Crippen molar-refractivity contribution in [1.29, 1.82) is 0 Å². The van der Waals surface area contributed by atoms with Gasteiger partial charge in [0.1, 0.15) is 5.75 Å². The number of methoxy groups -OCH3 is 1. The number of rotatable bonds is 9. The molecule has 7 heteroatoms. The normalized spacial score (nSPS) is 10.3. The summed E-state index contributed by atoms with van der Waals surface area (Å²) in [6.07, 6.45) is 0.146. The van der Waals surface area contributed by atoms with Crippen LogP contribution in [0.15, 0.2) is 24.3 Å². The molecule has 0 spiro atoms. The molecule has 0 radical (unpaired) electrons. The minimum atomic E-state index is -0.391. The molecular weight excluding hydrogens is 324 g/mol. The molecule has 2 amide bonds. The van der Waals surface area contributed by atoms with E-state index in [1.165, 1.54) is 18.9 Å². The molecule has 0 heterocycles. The maximum Gasteiger partial charge on any atom is 0.307 e. The molecule has 0 atom stereocenters. The van der Waals surface area contributed by atoms with Crippen LogP contribution >= 0.6 is 0 Å². The van der Waals surface area contributed by atoms with Crippen LogP contribution in [0.2, 0.25) is 0 Å². The molecule has 1 aromatic rings. The molecule has 7 nitrogen and oxygen atoms in total. The zero-order chi connectivity index (χ0) is 18.8. The maximum absolute atomic E-state index is 12.7. The topological polar surface area (TPSA) is 84.9 Å². The number of nitrogens with zero attached hydrogens (tertiary/aromatic N) is 1. The lowest BCUT2D eigenvalue weighted by atomic mass is 10.2. The van der Waals surface area contributed by atoms with Crippen molar-refractivity contribution < 1.29 is 23.9 Å². The fraction of sp³-hybridized carbons (Fsp3) is 0.500. The summed E-state index contributed by atoms with van der Waals surface area (Å²) in [6.45, 7) is 6.10. The van der Waals surface area contributed by atoms with E-state index >= 15 is 0 Å². The van der Waals surface area contributed by atoms with Crippen LogP contribution in [0.5, 0.6) is 5.75 Å². The van der Waals surface area contributed by atoms with Crippen molar-refractivity contribution in [3.8, 4) is 5.75 Å². The van der Waals surface area contributed by atoms with Crippen LogP contribution < -0.4 is 10.1 Å². The molecule has 0 aliphatic carbocycles. The Balaban J connectivity index is 2.77. The number of benzene rings is 1. The van der Waals surface area contributed by atoms with E-state index in [-0.39, 0.29) is 30.9 Å². The van der Waals surface area contributed by atoms with E-state index in [1.807, 2.05) is 13.8 Å².